The third kappa shape index (κ3) is 3.39. The van der Waals surface area contributed by atoms with Gasteiger partial charge in [-0.25, -0.2) is 4.98 Å². The van der Waals surface area contributed by atoms with Gasteiger partial charge in [0, 0.05) is 17.4 Å². The Kier molecular flexibility index (Phi) is 4.77. The normalized spacial score (nSPS) is 11.0. The summed E-state index contributed by atoms with van der Waals surface area (Å²) in [4.78, 5) is 17.0. The van der Waals surface area contributed by atoms with Gasteiger partial charge >= 0.3 is 0 Å². The first kappa shape index (κ1) is 16.4. The van der Waals surface area contributed by atoms with Crippen molar-refractivity contribution in [3.05, 3.63) is 45.9 Å². The van der Waals surface area contributed by atoms with Crippen molar-refractivity contribution in [3.8, 4) is 5.75 Å². The summed E-state index contributed by atoms with van der Waals surface area (Å²) in [5, 5.41) is 16.9. The SMILES string of the molecule is CCc1cc(=O)n2nc(Nc3ccc(OCCO)c(C)c3)sc2n1. The van der Waals surface area contributed by atoms with Crippen LogP contribution in [0, 0.1) is 6.92 Å². The van der Waals surface area contributed by atoms with Crippen LogP contribution in [0.15, 0.2) is 29.1 Å². The molecule has 0 aliphatic carbocycles. The lowest BCUT2D eigenvalue weighted by molar-refractivity contribution is 0.200. The Balaban J connectivity index is 1.86. The van der Waals surface area contributed by atoms with Gasteiger partial charge in [-0.2, -0.15) is 4.52 Å². The number of nitrogens with one attached hydrogen (secondary N) is 1. The molecular formula is C16H18N4O3S. The van der Waals surface area contributed by atoms with Crippen molar-refractivity contribution < 1.29 is 9.84 Å². The molecule has 0 saturated heterocycles. The topological polar surface area (TPSA) is 88.8 Å². The van der Waals surface area contributed by atoms with E-state index in [-0.39, 0.29) is 18.8 Å². The highest BCUT2D eigenvalue weighted by Gasteiger charge is 2.09. The average molecular weight is 346 g/mol. The number of fused-ring (bicyclic) bond motifs is 1. The van der Waals surface area contributed by atoms with E-state index in [9.17, 15) is 4.79 Å². The van der Waals surface area contributed by atoms with Crippen molar-refractivity contribution in [2.24, 2.45) is 0 Å². The van der Waals surface area contributed by atoms with Crippen LogP contribution in [-0.2, 0) is 6.42 Å². The first-order chi connectivity index (χ1) is 11.6. The molecule has 0 spiro atoms. The van der Waals surface area contributed by atoms with Crippen LogP contribution in [0.2, 0.25) is 0 Å². The third-order valence-electron chi connectivity index (χ3n) is 3.44. The molecule has 0 amide bonds. The molecule has 2 aromatic heterocycles. The fourth-order valence-corrected chi connectivity index (χ4v) is 3.10. The summed E-state index contributed by atoms with van der Waals surface area (Å²) in [6.07, 6.45) is 0.709. The zero-order valence-corrected chi connectivity index (χ0v) is 14.3. The van der Waals surface area contributed by atoms with Crippen LogP contribution in [-0.4, -0.2) is 32.9 Å². The standard InChI is InChI=1S/C16H18N4O3S/c1-3-11-9-14(22)20-16(18-11)24-15(19-20)17-12-4-5-13(10(2)8-12)23-7-6-21/h4-5,8-9,21H,3,6-7H2,1-2H3,(H,17,19). The van der Waals surface area contributed by atoms with Crippen LogP contribution in [0.3, 0.4) is 0 Å². The number of nitrogens with zero attached hydrogens (tertiary/aromatic N) is 3. The molecule has 0 aliphatic heterocycles. The maximum Gasteiger partial charge on any atom is 0.275 e. The number of ether oxygens (including phenoxy) is 1. The van der Waals surface area contributed by atoms with Gasteiger partial charge in [-0.1, -0.05) is 18.3 Å². The van der Waals surface area contributed by atoms with E-state index < -0.39 is 0 Å². The van der Waals surface area contributed by atoms with Gasteiger partial charge in [0.15, 0.2) is 0 Å². The summed E-state index contributed by atoms with van der Waals surface area (Å²) < 4.78 is 6.74. The lowest BCUT2D eigenvalue weighted by Gasteiger charge is -2.09. The molecule has 7 nitrogen and oxygen atoms in total. The molecule has 2 heterocycles. The van der Waals surface area contributed by atoms with Crippen LogP contribution >= 0.6 is 11.3 Å². The van der Waals surface area contributed by atoms with Crippen LogP contribution in [0.4, 0.5) is 10.8 Å². The smallest absolute Gasteiger partial charge is 0.275 e. The van der Waals surface area contributed by atoms with Gasteiger partial charge in [-0.15, -0.1) is 5.10 Å². The molecule has 1 aromatic carbocycles. The monoisotopic (exact) mass is 346 g/mol. The summed E-state index contributed by atoms with van der Waals surface area (Å²) in [6.45, 7) is 4.13. The lowest BCUT2D eigenvalue weighted by Crippen LogP contribution is -2.15. The Morgan fingerprint density at radius 3 is 2.92 bits per heavy atom. The van der Waals surface area contributed by atoms with Crippen molar-refractivity contribution >= 4 is 27.1 Å². The Morgan fingerprint density at radius 1 is 1.38 bits per heavy atom. The fraction of sp³-hybridized carbons (Fsp3) is 0.312. The van der Waals surface area contributed by atoms with Gasteiger partial charge in [0.1, 0.15) is 12.4 Å². The van der Waals surface area contributed by atoms with Gasteiger partial charge in [0.25, 0.3) is 5.56 Å². The highest BCUT2D eigenvalue weighted by molar-refractivity contribution is 7.20. The number of benzene rings is 1. The number of aliphatic hydroxyl groups excluding tert-OH is 1. The van der Waals surface area contributed by atoms with Crippen LogP contribution in [0.1, 0.15) is 18.2 Å². The van der Waals surface area contributed by atoms with Gasteiger partial charge < -0.3 is 15.2 Å². The van der Waals surface area contributed by atoms with E-state index >= 15 is 0 Å². The third-order valence-corrected chi connectivity index (χ3v) is 4.26. The molecule has 126 valence electrons. The largest absolute Gasteiger partial charge is 0.491 e. The predicted octanol–water partition coefficient (Wildman–Crippen LogP) is 2.14. The number of hydrogen-bond acceptors (Lipinski definition) is 7. The lowest BCUT2D eigenvalue weighted by atomic mass is 10.2. The molecule has 0 fully saturated rings. The second kappa shape index (κ2) is 6.98. The summed E-state index contributed by atoms with van der Waals surface area (Å²) >= 11 is 1.33. The van der Waals surface area contributed by atoms with E-state index in [0.717, 1.165) is 22.7 Å². The van der Waals surface area contributed by atoms with Crippen molar-refractivity contribution in [1.82, 2.24) is 14.6 Å². The molecule has 2 N–H and O–H groups in total. The second-order valence-electron chi connectivity index (χ2n) is 5.22. The van der Waals surface area contributed by atoms with E-state index in [1.165, 1.54) is 21.9 Å². The zero-order valence-electron chi connectivity index (χ0n) is 13.4. The first-order valence-electron chi connectivity index (χ1n) is 7.62. The molecule has 0 bridgehead atoms. The molecular weight excluding hydrogens is 328 g/mol. The molecule has 0 aliphatic rings. The Hall–Kier alpha value is -2.45. The molecule has 0 atom stereocenters. The maximum atomic E-state index is 12.0. The number of anilines is 2. The van der Waals surface area contributed by atoms with Gasteiger partial charge in [-0.05, 0) is 37.1 Å². The number of hydrogen-bond donors (Lipinski definition) is 2. The van der Waals surface area contributed by atoms with Crippen LogP contribution in [0.5, 0.6) is 5.75 Å². The number of rotatable bonds is 6. The fourth-order valence-electron chi connectivity index (χ4n) is 2.26. The number of aromatic nitrogens is 3. The molecule has 8 heteroatoms. The number of aliphatic hydroxyl groups is 1. The highest BCUT2D eigenvalue weighted by Crippen LogP contribution is 2.26. The van der Waals surface area contributed by atoms with Crippen molar-refractivity contribution in [2.45, 2.75) is 20.3 Å². The molecule has 24 heavy (non-hydrogen) atoms. The summed E-state index contributed by atoms with van der Waals surface area (Å²) in [7, 11) is 0. The first-order valence-corrected chi connectivity index (χ1v) is 8.43. The average Bonchev–Trinajstić information content (AvgIpc) is 2.97. The zero-order chi connectivity index (χ0) is 17.1. The van der Waals surface area contributed by atoms with E-state index in [1.54, 1.807) is 0 Å². The molecule has 0 saturated carbocycles. The quantitative estimate of drug-likeness (QED) is 0.711. The van der Waals surface area contributed by atoms with Gasteiger partial charge in [0.05, 0.1) is 6.61 Å². The summed E-state index contributed by atoms with van der Waals surface area (Å²) in [5.74, 6) is 0.726. The van der Waals surface area contributed by atoms with E-state index in [4.69, 9.17) is 9.84 Å². The predicted molar refractivity (Wildman–Crippen MR) is 93.6 cm³/mol. The molecule has 3 aromatic rings. The Bertz CT molecular complexity index is 919. The minimum absolute atomic E-state index is 0.0212. The minimum atomic E-state index is -0.176. The molecule has 3 rings (SSSR count). The van der Waals surface area contributed by atoms with E-state index in [1.807, 2.05) is 32.0 Å². The van der Waals surface area contributed by atoms with E-state index in [0.29, 0.717) is 16.5 Å². The van der Waals surface area contributed by atoms with Crippen molar-refractivity contribution in [3.63, 3.8) is 0 Å². The minimum Gasteiger partial charge on any atom is -0.491 e. The van der Waals surface area contributed by atoms with Gasteiger partial charge in [-0.3, -0.25) is 4.79 Å². The van der Waals surface area contributed by atoms with E-state index in [2.05, 4.69) is 15.4 Å². The van der Waals surface area contributed by atoms with Crippen LogP contribution < -0.4 is 15.6 Å². The van der Waals surface area contributed by atoms with Crippen molar-refractivity contribution in [2.75, 3.05) is 18.5 Å². The van der Waals surface area contributed by atoms with Crippen molar-refractivity contribution in [1.29, 1.82) is 0 Å². The summed E-state index contributed by atoms with van der Waals surface area (Å²) in [6, 6.07) is 7.13. The Morgan fingerprint density at radius 2 is 2.21 bits per heavy atom. The Labute approximate surface area is 142 Å². The van der Waals surface area contributed by atoms with Crippen LogP contribution in [0.25, 0.3) is 4.96 Å². The maximum absolute atomic E-state index is 12.0. The highest BCUT2D eigenvalue weighted by atomic mass is 32.1. The summed E-state index contributed by atoms with van der Waals surface area (Å²) in [5.41, 5.74) is 2.37. The molecule has 0 radical (unpaired) electrons. The number of aryl methyl sites for hydroxylation is 2. The second-order valence-corrected chi connectivity index (χ2v) is 6.17. The molecule has 0 unspecified atom stereocenters. The van der Waals surface area contributed by atoms with Gasteiger partial charge in [0.2, 0.25) is 10.1 Å².